The number of H-pyrrole nitrogens is 1. The number of rotatable bonds is 2. The molecule has 1 heterocycles. The summed E-state index contributed by atoms with van der Waals surface area (Å²) in [5.74, 6) is 0. The number of hydrogen-bond donors (Lipinski definition) is 1. The molecular weight excluding hydrogens is 212 g/mol. The molecule has 4 nitrogen and oxygen atoms in total. The maximum atomic E-state index is 12.0. The smallest absolute Gasteiger partial charge is 0.243 e. The average molecular weight is 224 g/mol. The van der Waals surface area contributed by atoms with Gasteiger partial charge in [0.2, 0.25) is 10.0 Å². The molecule has 5 heteroatoms. The first kappa shape index (κ1) is 10.2. The van der Waals surface area contributed by atoms with Crippen LogP contribution in [0.25, 0.3) is 10.9 Å². The zero-order chi connectivity index (χ0) is 11.1. The Morgan fingerprint density at radius 3 is 2.60 bits per heavy atom. The number of aromatic amines is 1. The fourth-order valence-electron chi connectivity index (χ4n) is 1.48. The van der Waals surface area contributed by atoms with Crippen LogP contribution in [0.3, 0.4) is 0 Å². The monoisotopic (exact) mass is 224 g/mol. The number of nitrogens with one attached hydrogen (secondary N) is 1. The highest BCUT2D eigenvalue weighted by Crippen LogP contribution is 2.23. The van der Waals surface area contributed by atoms with Crippen molar-refractivity contribution in [2.45, 2.75) is 4.90 Å². The van der Waals surface area contributed by atoms with Gasteiger partial charge in [0, 0.05) is 31.2 Å². The van der Waals surface area contributed by atoms with E-state index in [0.717, 1.165) is 10.9 Å². The molecule has 0 atom stereocenters. The quantitative estimate of drug-likeness (QED) is 0.838. The van der Waals surface area contributed by atoms with Crippen LogP contribution in [-0.2, 0) is 10.0 Å². The second-order valence-electron chi connectivity index (χ2n) is 3.48. The molecule has 2 aromatic rings. The summed E-state index contributed by atoms with van der Waals surface area (Å²) in [5, 5.41) is 0.728. The molecule has 0 fully saturated rings. The van der Waals surface area contributed by atoms with E-state index in [1.165, 1.54) is 18.4 Å². The molecule has 0 radical (unpaired) electrons. The Morgan fingerprint density at radius 2 is 1.93 bits per heavy atom. The van der Waals surface area contributed by atoms with Crippen LogP contribution >= 0.6 is 0 Å². The third-order valence-electron chi connectivity index (χ3n) is 2.31. The summed E-state index contributed by atoms with van der Waals surface area (Å²) in [5.41, 5.74) is 0.831. The van der Waals surface area contributed by atoms with Crippen molar-refractivity contribution < 1.29 is 8.42 Å². The van der Waals surface area contributed by atoms with E-state index in [-0.39, 0.29) is 0 Å². The van der Waals surface area contributed by atoms with Gasteiger partial charge in [0.25, 0.3) is 0 Å². The zero-order valence-electron chi connectivity index (χ0n) is 8.56. The molecule has 0 saturated carbocycles. The number of nitrogens with zero attached hydrogens (tertiary/aromatic N) is 1. The van der Waals surface area contributed by atoms with E-state index < -0.39 is 10.0 Å². The van der Waals surface area contributed by atoms with Gasteiger partial charge in [0.15, 0.2) is 0 Å². The minimum absolute atomic E-state index is 0.339. The molecule has 0 unspecified atom stereocenters. The van der Waals surface area contributed by atoms with Crippen LogP contribution in [-0.4, -0.2) is 31.8 Å². The Kier molecular flexibility index (Phi) is 2.28. The second-order valence-corrected chi connectivity index (χ2v) is 5.60. The molecule has 1 aromatic heterocycles. The van der Waals surface area contributed by atoms with Crippen LogP contribution in [0.2, 0.25) is 0 Å². The lowest BCUT2D eigenvalue weighted by atomic mass is 10.2. The van der Waals surface area contributed by atoms with E-state index in [2.05, 4.69) is 4.98 Å². The first-order valence-electron chi connectivity index (χ1n) is 4.52. The molecule has 15 heavy (non-hydrogen) atoms. The van der Waals surface area contributed by atoms with Gasteiger partial charge >= 0.3 is 0 Å². The van der Waals surface area contributed by atoms with Crippen LogP contribution in [0.4, 0.5) is 0 Å². The molecule has 0 aliphatic heterocycles. The Bertz CT molecular complexity index is 584. The van der Waals surface area contributed by atoms with Crippen molar-refractivity contribution >= 4 is 20.9 Å². The number of fused-ring (bicyclic) bond motifs is 1. The van der Waals surface area contributed by atoms with E-state index in [9.17, 15) is 8.42 Å². The predicted octanol–water partition coefficient (Wildman–Crippen LogP) is 1.42. The Labute approximate surface area is 88.6 Å². The lowest BCUT2D eigenvalue weighted by molar-refractivity contribution is 0.521. The highest BCUT2D eigenvalue weighted by Gasteiger charge is 2.19. The zero-order valence-corrected chi connectivity index (χ0v) is 9.38. The molecule has 2 rings (SSSR count). The molecule has 0 aliphatic carbocycles. The van der Waals surface area contributed by atoms with Crippen molar-refractivity contribution in [2.75, 3.05) is 14.1 Å². The van der Waals surface area contributed by atoms with Gasteiger partial charge in [-0.2, -0.15) is 0 Å². The largest absolute Gasteiger partial charge is 0.361 e. The maximum absolute atomic E-state index is 12.0. The summed E-state index contributed by atoms with van der Waals surface area (Å²) in [4.78, 5) is 3.33. The molecule has 0 bridgehead atoms. The molecule has 0 saturated heterocycles. The first-order chi connectivity index (χ1) is 7.03. The van der Waals surface area contributed by atoms with Gasteiger partial charge in [-0.05, 0) is 18.2 Å². The lowest BCUT2D eigenvalue weighted by Crippen LogP contribution is -2.22. The summed E-state index contributed by atoms with van der Waals surface area (Å²) >= 11 is 0. The lowest BCUT2D eigenvalue weighted by Gasteiger charge is -2.11. The van der Waals surface area contributed by atoms with Gasteiger partial charge in [0.1, 0.15) is 0 Å². The Hall–Kier alpha value is -1.33. The third-order valence-corrected chi connectivity index (χ3v) is 4.19. The van der Waals surface area contributed by atoms with E-state index >= 15 is 0 Å². The first-order valence-corrected chi connectivity index (χ1v) is 5.96. The second kappa shape index (κ2) is 3.36. The fraction of sp³-hybridized carbons (Fsp3) is 0.200. The van der Waals surface area contributed by atoms with Gasteiger partial charge in [-0.15, -0.1) is 0 Å². The maximum Gasteiger partial charge on any atom is 0.243 e. The van der Waals surface area contributed by atoms with Crippen LogP contribution < -0.4 is 0 Å². The SMILES string of the molecule is CN(C)S(=O)(=O)c1cccc2[nH]ccc12. The molecule has 80 valence electrons. The molecular formula is C10H12N2O2S. The minimum Gasteiger partial charge on any atom is -0.361 e. The highest BCUT2D eigenvalue weighted by molar-refractivity contribution is 7.89. The number of hydrogen-bond acceptors (Lipinski definition) is 2. The normalized spacial score (nSPS) is 12.5. The van der Waals surface area contributed by atoms with Crippen molar-refractivity contribution in [3.63, 3.8) is 0 Å². The van der Waals surface area contributed by atoms with Crippen LogP contribution in [0.15, 0.2) is 35.4 Å². The summed E-state index contributed by atoms with van der Waals surface area (Å²) in [6.45, 7) is 0. The Morgan fingerprint density at radius 1 is 1.20 bits per heavy atom. The van der Waals surface area contributed by atoms with Crippen LogP contribution in [0.5, 0.6) is 0 Å². The van der Waals surface area contributed by atoms with Gasteiger partial charge in [-0.25, -0.2) is 12.7 Å². The van der Waals surface area contributed by atoms with E-state index in [4.69, 9.17) is 0 Å². The summed E-state index contributed by atoms with van der Waals surface area (Å²) in [6.07, 6.45) is 1.74. The molecule has 0 amide bonds. The van der Waals surface area contributed by atoms with E-state index in [1.54, 1.807) is 24.4 Å². The summed E-state index contributed by atoms with van der Waals surface area (Å²) < 4.78 is 25.1. The molecule has 1 N–H and O–H groups in total. The van der Waals surface area contributed by atoms with Crippen LogP contribution in [0.1, 0.15) is 0 Å². The summed E-state index contributed by atoms with van der Waals surface area (Å²) in [6, 6.07) is 6.97. The molecule has 0 spiro atoms. The predicted molar refractivity (Wildman–Crippen MR) is 59.2 cm³/mol. The number of sulfonamides is 1. The molecule has 1 aromatic carbocycles. The van der Waals surface area contributed by atoms with E-state index in [0.29, 0.717) is 4.90 Å². The molecule has 0 aliphatic rings. The standard InChI is InChI=1S/C10H12N2O2S/c1-12(2)15(13,14)10-5-3-4-9-8(10)6-7-11-9/h3-7,11H,1-2H3. The van der Waals surface area contributed by atoms with Crippen molar-refractivity contribution in [3.8, 4) is 0 Å². The summed E-state index contributed by atoms with van der Waals surface area (Å²) in [7, 11) is -0.303. The van der Waals surface area contributed by atoms with Gasteiger partial charge in [-0.3, -0.25) is 0 Å². The van der Waals surface area contributed by atoms with Crippen molar-refractivity contribution in [1.82, 2.24) is 9.29 Å². The van der Waals surface area contributed by atoms with Crippen molar-refractivity contribution in [1.29, 1.82) is 0 Å². The minimum atomic E-state index is -3.36. The van der Waals surface area contributed by atoms with Crippen molar-refractivity contribution in [2.24, 2.45) is 0 Å². The van der Waals surface area contributed by atoms with Gasteiger partial charge in [-0.1, -0.05) is 6.07 Å². The number of benzene rings is 1. The van der Waals surface area contributed by atoms with Gasteiger partial charge < -0.3 is 4.98 Å². The Balaban J connectivity index is 2.77. The highest BCUT2D eigenvalue weighted by atomic mass is 32.2. The van der Waals surface area contributed by atoms with E-state index in [1.807, 2.05) is 6.07 Å². The average Bonchev–Trinajstić information content (AvgIpc) is 2.64. The third kappa shape index (κ3) is 1.53. The fourth-order valence-corrected chi connectivity index (χ4v) is 2.58. The van der Waals surface area contributed by atoms with Gasteiger partial charge in [0.05, 0.1) is 4.90 Å². The number of aromatic nitrogens is 1. The van der Waals surface area contributed by atoms with Crippen LogP contribution in [0, 0.1) is 0 Å². The topological polar surface area (TPSA) is 53.2 Å². The van der Waals surface area contributed by atoms with Crippen molar-refractivity contribution in [3.05, 3.63) is 30.5 Å².